The van der Waals surface area contributed by atoms with Crippen LogP contribution in [-0.4, -0.2) is 30.4 Å². The first-order chi connectivity index (χ1) is 8.02. The average Bonchev–Trinajstić information content (AvgIpc) is 2.28. The topological polar surface area (TPSA) is 114 Å². The number of urea groups is 1. The maximum atomic E-state index is 10.8. The van der Waals surface area contributed by atoms with E-state index >= 15 is 0 Å². The summed E-state index contributed by atoms with van der Waals surface area (Å²) in [7, 11) is 1.42. The van der Waals surface area contributed by atoms with Crippen molar-refractivity contribution in [3.05, 3.63) is 29.3 Å². The summed E-state index contributed by atoms with van der Waals surface area (Å²) in [6, 6.07) is 3.53. The minimum absolute atomic E-state index is 0.0601. The Morgan fingerprint density at radius 3 is 2.71 bits per heavy atom. The molecule has 1 aromatic carbocycles. The highest BCUT2D eigenvalue weighted by Gasteiger charge is 2.06. The van der Waals surface area contributed by atoms with Crippen LogP contribution in [-0.2, 0) is 0 Å². The van der Waals surface area contributed by atoms with Gasteiger partial charge in [-0.3, -0.25) is 0 Å². The summed E-state index contributed by atoms with van der Waals surface area (Å²) in [6.07, 6.45) is 1.26. The fourth-order valence-electron chi connectivity index (χ4n) is 1.11. The lowest BCUT2D eigenvalue weighted by Gasteiger charge is -2.03. The Morgan fingerprint density at radius 2 is 2.18 bits per heavy atom. The van der Waals surface area contributed by atoms with Crippen LogP contribution < -0.4 is 15.9 Å². The molecule has 0 aliphatic heterocycles. The van der Waals surface area contributed by atoms with Crippen LogP contribution in [0.2, 0.25) is 0 Å². The van der Waals surface area contributed by atoms with Crippen LogP contribution in [0.5, 0.6) is 5.75 Å². The van der Waals surface area contributed by atoms with Crippen LogP contribution >= 0.6 is 0 Å². The molecule has 7 nitrogen and oxygen atoms in total. The van der Waals surface area contributed by atoms with E-state index in [1.165, 1.54) is 25.5 Å². The van der Waals surface area contributed by atoms with E-state index in [1.54, 1.807) is 6.07 Å². The van der Waals surface area contributed by atoms with Crippen LogP contribution in [0.25, 0.3) is 0 Å². The predicted molar refractivity (Wildman–Crippen MR) is 60.3 cm³/mol. The van der Waals surface area contributed by atoms with E-state index in [9.17, 15) is 9.59 Å². The van der Waals surface area contributed by atoms with Gasteiger partial charge in [0.25, 0.3) is 0 Å². The predicted octanol–water partition coefficient (Wildman–Crippen LogP) is 0.396. The van der Waals surface area contributed by atoms with Crippen LogP contribution in [0.1, 0.15) is 15.9 Å². The van der Waals surface area contributed by atoms with Gasteiger partial charge in [-0.05, 0) is 23.8 Å². The monoisotopic (exact) mass is 237 g/mol. The number of aromatic carboxylic acids is 1. The third-order valence-corrected chi connectivity index (χ3v) is 1.80. The summed E-state index contributed by atoms with van der Waals surface area (Å²) in [5, 5.41) is 12.4. The molecule has 0 saturated heterocycles. The molecule has 0 radical (unpaired) electrons. The molecule has 1 aromatic rings. The van der Waals surface area contributed by atoms with Gasteiger partial charge in [-0.2, -0.15) is 5.10 Å². The second-order valence-corrected chi connectivity index (χ2v) is 3.03. The molecule has 2 amide bonds. The summed E-state index contributed by atoms with van der Waals surface area (Å²) in [4.78, 5) is 21.2. The second-order valence-electron chi connectivity index (χ2n) is 3.03. The number of carbonyl (C=O) groups is 2. The molecule has 0 saturated carbocycles. The number of primary amides is 1. The standard InChI is InChI=1S/C10H11N3O4/c1-17-8-3-6(5-12-13-10(11)16)2-7(4-8)9(14)15/h2-5H,1H3,(H,14,15)(H3,11,13,16). The Balaban J connectivity index is 2.98. The molecule has 90 valence electrons. The van der Waals surface area contributed by atoms with Gasteiger partial charge >= 0.3 is 12.0 Å². The first-order valence-corrected chi connectivity index (χ1v) is 4.54. The number of nitrogens with one attached hydrogen (secondary N) is 1. The lowest BCUT2D eigenvalue weighted by molar-refractivity contribution is 0.0696. The maximum absolute atomic E-state index is 10.8. The molecule has 4 N–H and O–H groups in total. The Hall–Kier alpha value is -2.57. The van der Waals surface area contributed by atoms with E-state index in [1.807, 2.05) is 5.43 Å². The number of carboxylic acid groups (broad SMARTS) is 1. The highest BCUT2D eigenvalue weighted by atomic mass is 16.5. The van der Waals surface area contributed by atoms with Crippen molar-refractivity contribution < 1.29 is 19.4 Å². The summed E-state index contributed by atoms with van der Waals surface area (Å²) in [5.74, 6) is -0.702. The minimum atomic E-state index is -1.08. The Morgan fingerprint density at radius 1 is 1.47 bits per heavy atom. The van der Waals surface area contributed by atoms with Gasteiger partial charge < -0.3 is 15.6 Å². The fraction of sp³-hybridized carbons (Fsp3) is 0.100. The summed E-state index contributed by atoms with van der Waals surface area (Å²) >= 11 is 0. The normalized spacial score (nSPS) is 10.2. The SMILES string of the molecule is COc1cc(C=NNC(N)=O)cc(C(=O)O)c1. The van der Waals surface area contributed by atoms with Crippen LogP contribution in [0.15, 0.2) is 23.3 Å². The van der Waals surface area contributed by atoms with E-state index in [4.69, 9.17) is 15.6 Å². The number of nitrogens with zero attached hydrogens (tertiary/aromatic N) is 1. The highest BCUT2D eigenvalue weighted by Crippen LogP contribution is 2.15. The Labute approximate surface area is 96.9 Å². The van der Waals surface area contributed by atoms with Crippen LogP contribution in [0.4, 0.5) is 4.79 Å². The quantitative estimate of drug-likeness (QED) is 0.519. The molecule has 0 fully saturated rings. The van der Waals surface area contributed by atoms with E-state index in [-0.39, 0.29) is 5.56 Å². The van der Waals surface area contributed by atoms with Gasteiger partial charge in [0.1, 0.15) is 5.75 Å². The molecule has 1 rings (SSSR count). The van der Waals surface area contributed by atoms with Gasteiger partial charge in [0.2, 0.25) is 0 Å². The van der Waals surface area contributed by atoms with Crippen LogP contribution in [0, 0.1) is 0 Å². The number of benzene rings is 1. The highest BCUT2D eigenvalue weighted by molar-refractivity contribution is 5.92. The summed E-state index contributed by atoms with van der Waals surface area (Å²) in [6.45, 7) is 0. The van der Waals surface area contributed by atoms with Crippen molar-refractivity contribution in [2.24, 2.45) is 10.8 Å². The van der Waals surface area contributed by atoms with Gasteiger partial charge in [-0.15, -0.1) is 0 Å². The Bertz CT molecular complexity index is 471. The molecule has 17 heavy (non-hydrogen) atoms. The fourth-order valence-corrected chi connectivity index (χ4v) is 1.11. The lowest BCUT2D eigenvalue weighted by Crippen LogP contribution is -2.24. The first-order valence-electron chi connectivity index (χ1n) is 4.54. The van der Waals surface area contributed by atoms with Gasteiger partial charge in [0.05, 0.1) is 18.9 Å². The molecule has 0 bridgehead atoms. The third-order valence-electron chi connectivity index (χ3n) is 1.80. The Kier molecular flexibility index (Phi) is 4.04. The number of nitrogens with two attached hydrogens (primary N) is 1. The van der Waals surface area contributed by atoms with E-state index in [0.29, 0.717) is 11.3 Å². The molecule has 0 atom stereocenters. The number of hydrogen-bond acceptors (Lipinski definition) is 4. The molecular formula is C10H11N3O4. The third kappa shape index (κ3) is 3.82. The summed E-state index contributed by atoms with van der Waals surface area (Å²) < 4.78 is 4.94. The zero-order valence-electron chi connectivity index (χ0n) is 9.01. The molecule has 0 aromatic heterocycles. The maximum Gasteiger partial charge on any atom is 0.335 e. The molecule has 0 aliphatic rings. The lowest BCUT2D eigenvalue weighted by atomic mass is 10.1. The van der Waals surface area contributed by atoms with E-state index < -0.39 is 12.0 Å². The number of methoxy groups -OCH3 is 1. The number of rotatable bonds is 4. The van der Waals surface area contributed by atoms with E-state index in [0.717, 1.165) is 0 Å². The first kappa shape index (κ1) is 12.5. The molecule has 7 heteroatoms. The minimum Gasteiger partial charge on any atom is -0.497 e. The van der Waals surface area contributed by atoms with Crippen molar-refractivity contribution >= 4 is 18.2 Å². The van der Waals surface area contributed by atoms with Gasteiger partial charge in [-0.1, -0.05) is 0 Å². The molecule has 0 spiro atoms. The largest absolute Gasteiger partial charge is 0.497 e. The molecular weight excluding hydrogens is 226 g/mol. The number of carboxylic acids is 1. The summed E-state index contributed by atoms with van der Waals surface area (Å²) in [5.41, 5.74) is 7.34. The number of carbonyl (C=O) groups excluding carboxylic acids is 1. The smallest absolute Gasteiger partial charge is 0.335 e. The van der Waals surface area contributed by atoms with E-state index in [2.05, 4.69) is 5.10 Å². The molecule has 0 unspecified atom stereocenters. The number of ether oxygens (including phenoxy) is 1. The average molecular weight is 237 g/mol. The van der Waals surface area contributed by atoms with Crippen LogP contribution in [0.3, 0.4) is 0 Å². The number of hydrogen-bond donors (Lipinski definition) is 3. The molecule has 0 aliphatic carbocycles. The zero-order valence-corrected chi connectivity index (χ0v) is 9.01. The molecule has 0 heterocycles. The van der Waals surface area contributed by atoms with Crippen molar-refractivity contribution in [2.45, 2.75) is 0 Å². The van der Waals surface area contributed by atoms with Gasteiger partial charge in [-0.25, -0.2) is 15.0 Å². The van der Waals surface area contributed by atoms with Crippen molar-refractivity contribution in [3.8, 4) is 5.75 Å². The van der Waals surface area contributed by atoms with Gasteiger partial charge in [0.15, 0.2) is 0 Å². The number of amides is 2. The van der Waals surface area contributed by atoms with Crippen molar-refractivity contribution in [3.63, 3.8) is 0 Å². The van der Waals surface area contributed by atoms with Crippen molar-refractivity contribution in [1.29, 1.82) is 0 Å². The number of hydrazone groups is 1. The van der Waals surface area contributed by atoms with Gasteiger partial charge in [0, 0.05) is 0 Å². The van der Waals surface area contributed by atoms with Crippen molar-refractivity contribution in [1.82, 2.24) is 5.43 Å². The zero-order chi connectivity index (χ0) is 12.8. The second kappa shape index (κ2) is 5.50. The van der Waals surface area contributed by atoms with Crippen molar-refractivity contribution in [2.75, 3.05) is 7.11 Å².